The molecule has 0 bridgehead atoms. The minimum atomic E-state index is -0.100. The predicted octanol–water partition coefficient (Wildman–Crippen LogP) is 8.14. The Bertz CT molecular complexity index is 269. The summed E-state index contributed by atoms with van der Waals surface area (Å²) >= 11 is 0. The van der Waals surface area contributed by atoms with Gasteiger partial charge < -0.3 is 4.52 Å². The molecule has 0 heterocycles. The molecule has 1 unspecified atom stereocenters. The maximum absolute atomic E-state index is 11.0. The molecule has 0 aromatic rings. The molecule has 0 aromatic heterocycles. The lowest BCUT2D eigenvalue weighted by Crippen LogP contribution is -1.95. The Hall–Kier alpha value is -0.100. The second-order valence-electron chi connectivity index (χ2n) is 7.60. The van der Waals surface area contributed by atoms with Gasteiger partial charge in [-0.2, -0.15) is 0 Å². The Balaban J connectivity index is 2.99. The highest BCUT2D eigenvalue weighted by Gasteiger charge is 1.99. The molecule has 0 aromatic carbocycles. The molecule has 0 aliphatic rings. The van der Waals surface area contributed by atoms with Crippen LogP contribution in [0.15, 0.2) is 0 Å². The molecule has 0 N–H and O–H groups in total. The van der Waals surface area contributed by atoms with Crippen LogP contribution in [0.25, 0.3) is 0 Å². The van der Waals surface area contributed by atoms with Crippen molar-refractivity contribution >= 4 is 15.4 Å². The van der Waals surface area contributed by atoms with Crippen LogP contribution in [0.1, 0.15) is 135 Å². The zero-order valence-electron chi connectivity index (χ0n) is 17.0. The van der Waals surface area contributed by atoms with Crippen LogP contribution in [-0.4, -0.2) is 5.97 Å². The van der Waals surface area contributed by atoms with Crippen molar-refractivity contribution in [3.8, 4) is 0 Å². The topological polar surface area (TPSA) is 26.3 Å². The van der Waals surface area contributed by atoms with E-state index in [-0.39, 0.29) is 5.97 Å². The van der Waals surface area contributed by atoms with Gasteiger partial charge in [0, 0.05) is 6.42 Å². The van der Waals surface area contributed by atoms with Gasteiger partial charge in [0.25, 0.3) is 0 Å². The summed E-state index contributed by atoms with van der Waals surface area (Å²) in [5.41, 5.74) is 0. The van der Waals surface area contributed by atoms with E-state index >= 15 is 0 Å². The number of hydrogen-bond acceptors (Lipinski definition) is 2. The van der Waals surface area contributed by atoms with Gasteiger partial charge in [-0.25, -0.2) is 0 Å². The third-order valence-corrected chi connectivity index (χ3v) is 5.38. The van der Waals surface area contributed by atoms with E-state index in [1.54, 1.807) is 0 Å². The van der Waals surface area contributed by atoms with Gasteiger partial charge in [0.05, 0.1) is 9.47 Å². The normalized spacial score (nSPS) is 11.0. The minimum Gasteiger partial charge on any atom is -0.452 e. The van der Waals surface area contributed by atoms with Gasteiger partial charge in [-0.15, -0.1) is 0 Å². The summed E-state index contributed by atoms with van der Waals surface area (Å²) in [5.74, 6) is -0.100. The smallest absolute Gasteiger partial charge is 0.307 e. The van der Waals surface area contributed by atoms with Crippen molar-refractivity contribution in [3.63, 3.8) is 0 Å². The molecule has 2 nitrogen and oxygen atoms in total. The number of hydrogen-bond donors (Lipinski definition) is 0. The molecule has 0 aliphatic carbocycles. The number of carbonyl (C=O) groups excluding carboxylic acids is 1. The third kappa shape index (κ3) is 21.9. The largest absolute Gasteiger partial charge is 0.452 e. The van der Waals surface area contributed by atoms with Gasteiger partial charge >= 0.3 is 5.97 Å². The molecule has 0 saturated heterocycles. The molecule has 150 valence electrons. The summed E-state index contributed by atoms with van der Waals surface area (Å²) in [7, 11) is 2.03. The fourth-order valence-electron chi connectivity index (χ4n) is 3.41. The van der Waals surface area contributed by atoms with Crippen LogP contribution in [0, 0.1) is 0 Å². The Morgan fingerprint density at radius 3 is 1.12 bits per heavy atom. The van der Waals surface area contributed by atoms with Crippen molar-refractivity contribution in [1.29, 1.82) is 0 Å². The van der Waals surface area contributed by atoms with Crippen molar-refractivity contribution in [2.75, 3.05) is 0 Å². The lowest BCUT2D eigenvalue weighted by molar-refractivity contribution is -0.133. The van der Waals surface area contributed by atoms with Gasteiger partial charge in [-0.3, -0.25) is 4.79 Å². The minimum absolute atomic E-state index is 0.100. The first-order valence-electron chi connectivity index (χ1n) is 11.2. The maximum atomic E-state index is 11.0. The molecular weight excluding hydrogens is 327 g/mol. The summed E-state index contributed by atoms with van der Waals surface area (Å²) in [6.45, 7) is 2.29. The third-order valence-electron chi connectivity index (χ3n) is 5.12. The highest BCUT2D eigenvalue weighted by atomic mass is 31.0. The molecule has 0 spiro atoms. The quantitative estimate of drug-likeness (QED) is 0.159. The van der Waals surface area contributed by atoms with Crippen molar-refractivity contribution in [1.82, 2.24) is 0 Å². The molecule has 3 heteroatoms. The molecule has 1 atom stereocenters. The Kier molecular flexibility index (Phi) is 21.9. The lowest BCUT2D eigenvalue weighted by atomic mass is 10.0. The zero-order chi connectivity index (χ0) is 18.4. The van der Waals surface area contributed by atoms with Crippen LogP contribution >= 0.6 is 9.47 Å². The van der Waals surface area contributed by atoms with Crippen LogP contribution < -0.4 is 0 Å². The maximum Gasteiger partial charge on any atom is 0.307 e. The van der Waals surface area contributed by atoms with E-state index in [0.717, 1.165) is 6.42 Å². The van der Waals surface area contributed by atoms with E-state index in [4.69, 9.17) is 0 Å². The Labute approximate surface area is 160 Å². The highest BCUT2D eigenvalue weighted by molar-refractivity contribution is 7.10. The van der Waals surface area contributed by atoms with E-state index in [1.807, 2.05) is 9.47 Å². The number of rotatable bonds is 20. The van der Waals surface area contributed by atoms with E-state index < -0.39 is 0 Å². The van der Waals surface area contributed by atoms with Crippen molar-refractivity contribution < 1.29 is 9.32 Å². The molecule has 0 radical (unpaired) electrons. The van der Waals surface area contributed by atoms with Gasteiger partial charge in [0.1, 0.15) is 0 Å². The number of carbonyl (C=O) groups is 1. The number of unbranched alkanes of at least 4 members (excludes halogenated alkanes) is 18. The van der Waals surface area contributed by atoms with E-state index in [1.165, 1.54) is 116 Å². The molecular formula is C22H45O2P. The monoisotopic (exact) mass is 372 g/mol. The SMILES string of the molecule is CCCCCCCCCCCCCCCCCCCCCC(=O)OP. The molecule has 25 heavy (non-hydrogen) atoms. The van der Waals surface area contributed by atoms with E-state index in [0.29, 0.717) is 6.42 Å². The molecule has 0 aliphatic heterocycles. The average Bonchev–Trinajstić information content (AvgIpc) is 2.63. The van der Waals surface area contributed by atoms with Gasteiger partial charge in [-0.05, 0) is 6.42 Å². The Morgan fingerprint density at radius 1 is 0.560 bits per heavy atom. The first-order chi connectivity index (χ1) is 12.3. The van der Waals surface area contributed by atoms with Crippen molar-refractivity contribution in [2.45, 2.75) is 135 Å². The molecule has 0 fully saturated rings. The molecule has 0 saturated carbocycles. The van der Waals surface area contributed by atoms with Crippen LogP contribution in [0.2, 0.25) is 0 Å². The second kappa shape index (κ2) is 21.9. The fourth-order valence-corrected chi connectivity index (χ4v) is 3.52. The summed E-state index contributed by atoms with van der Waals surface area (Å²) < 4.78 is 4.56. The van der Waals surface area contributed by atoms with Crippen LogP contribution in [0.4, 0.5) is 0 Å². The highest BCUT2D eigenvalue weighted by Crippen LogP contribution is 2.14. The summed E-state index contributed by atoms with van der Waals surface area (Å²) in [4.78, 5) is 11.0. The van der Waals surface area contributed by atoms with Gasteiger partial charge in [0.2, 0.25) is 0 Å². The zero-order valence-corrected chi connectivity index (χ0v) is 18.2. The first kappa shape index (κ1) is 24.9. The molecule has 0 rings (SSSR count). The Morgan fingerprint density at radius 2 is 0.840 bits per heavy atom. The summed E-state index contributed by atoms with van der Waals surface area (Å²) in [6, 6.07) is 0. The standard InChI is InChI=1S/C22H45O2P/c1-2-3-4-5-6-7-8-9-10-11-12-13-14-15-16-17-18-19-20-21-22(23)24-25/h2-21,25H2,1H3. The van der Waals surface area contributed by atoms with Gasteiger partial charge in [-0.1, -0.05) is 122 Å². The predicted molar refractivity (Wildman–Crippen MR) is 114 cm³/mol. The summed E-state index contributed by atoms with van der Waals surface area (Å²) in [6.07, 6.45) is 26.8. The first-order valence-corrected chi connectivity index (χ1v) is 11.7. The van der Waals surface area contributed by atoms with E-state index in [9.17, 15) is 4.79 Å². The van der Waals surface area contributed by atoms with Crippen molar-refractivity contribution in [2.24, 2.45) is 0 Å². The second-order valence-corrected chi connectivity index (χ2v) is 7.84. The van der Waals surface area contributed by atoms with Crippen LogP contribution in [0.3, 0.4) is 0 Å². The lowest BCUT2D eigenvalue weighted by Gasteiger charge is -2.04. The van der Waals surface area contributed by atoms with Gasteiger partial charge in [0.15, 0.2) is 0 Å². The van der Waals surface area contributed by atoms with E-state index in [2.05, 4.69) is 11.4 Å². The average molecular weight is 373 g/mol. The van der Waals surface area contributed by atoms with Crippen LogP contribution in [0.5, 0.6) is 0 Å². The summed E-state index contributed by atoms with van der Waals surface area (Å²) in [5, 5.41) is 0. The van der Waals surface area contributed by atoms with Crippen LogP contribution in [-0.2, 0) is 9.32 Å². The fraction of sp³-hybridized carbons (Fsp3) is 0.955. The molecule has 0 amide bonds. The van der Waals surface area contributed by atoms with Crippen molar-refractivity contribution in [3.05, 3.63) is 0 Å².